The van der Waals surface area contributed by atoms with E-state index < -0.39 is 23.0 Å². The van der Waals surface area contributed by atoms with Gasteiger partial charge in [-0.15, -0.1) is 0 Å². The minimum atomic E-state index is -0.860. The molecule has 1 rings (SSSR count). The summed E-state index contributed by atoms with van der Waals surface area (Å²) in [7, 11) is 4.47. The Morgan fingerprint density at radius 2 is 1.94 bits per heavy atom. The van der Waals surface area contributed by atoms with Gasteiger partial charge in [-0.2, -0.15) is 0 Å². The summed E-state index contributed by atoms with van der Waals surface area (Å²) in [5, 5.41) is 0. The van der Waals surface area contributed by atoms with Crippen LogP contribution < -0.4 is 4.74 Å². The van der Waals surface area contributed by atoms with Crippen LogP contribution in [0.1, 0.15) is 10.4 Å². The SMILES string of the molecule is COc1cc(F)c(C(=O)C#CN(C)C)cc1F. The molecular weight excluding hydrogens is 228 g/mol. The summed E-state index contributed by atoms with van der Waals surface area (Å²) in [5.74, 6) is -0.499. The van der Waals surface area contributed by atoms with E-state index in [0.29, 0.717) is 0 Å². The lowest BCUT2D eigenvalue weighted by Gasteiger charge is -2.04. The molecule has 0 atom stereocenters. The fraction of sp³-hybridized carbons (Fsp3) is 0.250. The molecule has 1 aromatic carbocycles. The molecule has 0 amide bonds. The third kappa shape index (κ3) is 3.18. The Kier molecular flexibility index (Phi) is 4.05. The van der Waals surface area contributed by atoms with Gasteiger partial charge in [0.2, 0.25) is 5.78 Å². The van der Waals surface area contributed by atoms with Crippen molar-refractivity contribution in [1.82, 2.24) is 4.90 Å². The molecule has 0 heterocycles. The van der Waals surface area contributed by atoms with Crippen LogP contribution in [-0.2, 0) is 0 Å². The lowest BCUT2D eigenvalue weighted by atomic mass is 10.1. The predicted octanol–water partition coefficient (Wildman–Crippen LogP) is 1.68. The van der Waals surface area contributed by atoms with Gasteiger partial charge in [-0.25, -0.2) is 8.78 Å². The molecule has 0 radical (unpaired) electrons. The summed E-state index contributed by atoms with van der Waals surface area (Å²) in [6, 6.07) is 4.03. The van der Waals surface area contributed by atoms with Crippen molar-refractivity contribution in [1.29, 1.82) is 0 Å². The topological polar surface area (TPSA) is 29.5 Å². The summed E-state index contributed by atoms with van der Waals surface area (Å²) in [6.45, 7) is 0. The molecule has 0 aliphatic carbocycles. The van der Waals surface area contributed by atoms with E-state index in [1.807, 2.05) is 0 Å². The number of hydrogen-bond donors (Lipinski definition) is 0. The summed E-state index contributed by atoms with van der Waals surface area (Å²) in [4.78, 5) is 12.9. The zero-order chi connectivity index (χ0) is 13.0. The zero-order valence-electron chi connectivity index (χ0n) is 9.67. The number of ketones is 1. The molecule has 5 heteroatoms. The molecule has 0 aromatic heterocycles. The third-order valence-corrected chi connectivity index (χ3v) is 1.88. The van der Waals surface area contributed by atoms with Crippen LogP contribution in [0.4, 0.5) is 8.78 Å². The van der Waals surface area contributed by atoms with Crippen molar-refractivity contribution in [3.63, 3.8) is 0 Å². The summed E-state index contributed by atoms with van der Waals surface area (Å²) in [6.07, 6.45) is 0. The first-order valence-electron chi connectivity index (χ1n) is 4.72. The molecule has 3 nitrogen and oxygen atoms in total. The second-order valence-electron chi connectivity index (χ2n) is 3.43. The van der Waals surface area contributed by atoms with Crippen molar-refractivity contribution < 1.29 is 18.3 Å². The minimum absolute atomic E-state index is 0.250. The van der Waals surface area contributed by atoms with Crippen LogP contribution in [0.25, 0.3) is 0 Å². The van der Waals surface area contributed by atoms with E-state index in [0.717, 1.165) is 12.1 Å². The predicted molar refractivity (Wildman–Crippen MR) is 58.7 cm³/mol. The second kappa shape index (κ2) is 5.30. The molecule has 0 unspecified atom stereocenters. The number of ether oxygens (including phenoxy) is 1. The van der Waals surface area contributed by atoms with E-state index in [2.05, 4.69) is 16.7 Å². The maximum Gasteiger partial charge on any atom is 0.240 e. The number of carbonyl (C=O) groups excluding carboxylic acids is 1. The normalized spacial score (nSPS) is 9.24. The number of Topliss-reactive ketones (excluding diaryl/α,β-unsaturated/α-hetero) is 1. The Bertz CT molecular complexity index is 501. The van der Waals surface area contributed by atoms with E-state index in [1.165, 1.54) is 12.0 Å². The molecule has 0 N–H and O–H groups in total. The summed E-state index contributed by atoms with van der Waals surface area (Å²) in [5.41, 5.74) is -0.405. The van der Waals surface area contributed by atoms with Crippen molar-refractivity contribution in [2.75, 3.05) is 21.2 Å². The number of rotatable bonds is 2. The molecule has 0 saturated heterocycles. The molecule has 0 spiro atoms. The van der Waals surface area contributed by atoms with Crippen molar-refractivity contribution in [2.24, 2.45) is 0 Å². The standard InChI is InChI=1S/C12H11F2NO2/c1-15(2)5-4-11(16)8-6-10(14)12(17-3)7-9(8)13/h6-7H,1-3H3. The van der Waals surface area contributed by atoms with Gasteiger partial charge in [0.15, 0.2) is 11.6 Å². The lowest BCUT2D eigenvalue weighted by Crippen LogP contribution is -2.06. The molecule has 0 aliphatic heterocycles. The van der Waals surface area contributed by atoms with Crippen molar-refractivity contribution in [3.8, 4) is 17.7 Å². The van der Waals surface area contributed by atoms with Gasteiger partial charge in [-0.05, 0) is 6.07 Å². The smallest absolute Gasteiger partial charge is 0.240 e. The fourth-order valence-corrected chi connectivity index (χ4v) is 1.09. The van der Waals surface area contributed by atoms with Gasteiger partial charge in [-0.3, -0.25) is 4.79 Å². The summed E-state index contributed by atoms with van der Waals surface area (Å²) >= 11 is 0. The highest BCUT2D eigenvalue weighted by Crippen LogP contribution is 2.21. The van der Waals surface area contributed by atoms with E-state index >= 15 is 0 Å². The molecule has 0 aliphatic rings. The largest absolute Gasteiger partial charge is 0.494 e. The van der Waals surface area contributed by atoms with Gasteiger partial charge in [0, 0.05) is 32.1 Å². The molecule has 0 saturated carbocycles. The van der Waals surface area contributed by atoms with Crippen LogP contribution in [0.5, 0.6) is 5.75 Å². The number of halogens is 2. The lowest BCUT2D eigenvalue weighted by molar-refractivity contribution is 0.105. The van der Waals surface area contributed by atoms with E-state index in [4.69, 9.17) is 0 Å². The summed E-state index contributed by atoms with van der Waals surface area (Å²) < 4.78 is 31.3. The van der Waals surface area contributed by atoms with Crippen LogP contribution in [0.3, 0.4) is 0 Å². The minimum Gasteiger partial charge on any atom is -0.494 e. The highest BCUT2D eigenvalue weighted by molar-refractivity contribution is 6.09. The third-order valence-electron chi connectivity index (χ3n) is 1.88. The second-order valence-corrected chi connectivity index (χ2v) is 3.43. The molecular formula is C12H11F2NO2. The first-order valence-corrected chi connectivity index (χ1v) is 4.72. The monoisotopic (exact) mass is 239 g/mol. The Balaban J connectivity index is 3.13. The Morgan fingerprint density at radius 3 is 2.47 bits per heavy atom. The maximum atomic E-state index is 13.4. The van der Waals surface area contributed by atoms with Gasteiger partial charge in [0.05, 0.1) is 12.7 Å². The molecule has 0 bridgehead atoms. The van der Waals surface area contributed by atoms with Gasteiger partial charge < -0.3 is 9.64 Å². The number of benzene rings is 1. The molecule has 1 aromatic rings. The molecule has 90 valence electrons. The first-order chi connectivity index (χ1) is 7.95. The highest BCUT2D eigenvalue weighted by Gasteiger charge is 2.15. The average Bonchev–Trinajstić information content (AvgIpc) is 2.28. The van der Waals surface area contributed by atoms with E-state index in [-0.39, 0.29) is 5.75 Å². The number of nitrogens with zero attached hydrogens (tertiary/aromatic N) is 1. The van der Waals surface area contributed by atoms with Crippen LogP contribution in [0.2, 0.25) is 0 Å². The quantitative estimate of drug-likeness (QED) is 0.447. The van der Waals surface area contributed by atoms with Gasteiger partial charge in [0.25, 0.3) is 0 Å². The van der Waals surface area contributed by atoms with Crippen LogP contribution in [0.15, 0.2) is 12.1 Å². The Morgan fingerprint density at radius 1 is 1.29 bits per heavy atom. The molecule has 0 fully saturated rings. The van der Waals surface area contributed by atoms with Crippen LogP contribution in [-0.4, -0.2) is 31.9 Å². The maximum absolute atomic E-state index is 13.4. The van der Waals surface area contributed by atoms with Crippen LogP contribution in [0, 0.1) is 23.6 Å². The van der Waals surface area contributed by atoms with Crippen LogP contribution >= 0.6 is 0 Å². The van der Waals surface area contributed by atoms with Gasteiger partial charge in [0.1, 0.15) is 5.82 Å². The Labute approximate surface area is 98.0 Å². The van der Waals surface area contributed by atoms with Gasteiger partial charge >= 0.3 is 0 Å². The highest BCUT2D eigenvalue weighted by atomic mass is 19.1. The van der Waals surface area contributed by atoms with Gasteiger partial charge in [-0.1, -0.05) is 0 Å². The zero-order valence-corrected chi connectivity index (χ0v) is 9.67. The van der Waals surface area contributed by atoms with Crippen molar-refractivity contribution >= 4 is 5.78 Å². The number of methoxy groups -OCH3 is 1. The van der Waals surface area contributed by atoms with E-state index in [9.17, 15) is 13.6 Å². The fourth-order valence-electron chi connectivity index (χ4n) is 1.09. The Hall–Kier alpha value is -2.09. The van der Waals surface area contributed by atoms with Crippen molar-refractivity contribution in [2.45, 2.75) is 0 Å². The number of carbonyl (C=O) groups is 1. The van der Waals surface area contributed by atoms with Crippen molar-refractivity contribution in [3.05, 3.63) is 29.3 Å². The molecule has 17 heavy (non-hydrogen) atoms. The average molecular weight is 239 g/mol. The number of hydrogen-bond acceptors (Lipinski definition) is 3. The van der Waals surface area contributed by atoms with E-state index in [1.54, 1.807) is 14.1 Å². The first kappa shape index (κ1) is 13.0.